The van der Waals surface area contributed by atoms with Crippen LogP contribution in [0.25, 0.3) is 0 Å². The fourth-order valence-corrected chi connectivity index (χ4v) is 1.65. The topological polar surface area (TPSA) is 50.2 Å². The third-order valence-electron chi connectivity index (χ3n) is 2.22. The maximum absolute atomic E-state index is 10.6. The first-order valence-electron chi connectivity index (χ1n) is 5.22. The van der Waals surface area contributed by atoms with Crippen LogP contribution in [0.3, 0.4) is 0 Å². The summed E-state index contributed by atoms with van der Waals surface area (Å²) in [6.45, 7) is 0. The van der Waals surface area contributed by atoms with Crippen molar-refractivity contribution in [3.63, 3.8) is 0 Å². The minimum atomic E-state index is -1.04. The smallest absolute Gasteiger partial charge is 0.354 e. The number of carboxylic acid groups (broad SMARTS) is 1. The minimum absolute atomic E-state index is 0.0208. The van der Waals surface area contributed by atoms with E-state index in [0.29, 0.717) is 5.56 Å². The fraction of sp³-hybridized carbons (Fsp3) is 0. The van der Waals surface area contributed by atoms with Gasteiger partial charge >= 0.3 is 5.97 Å². The second-order valence-corrected chi connectivity index (χ2v) is 4.28. The number of rotatable bonds is 1. The zero-order chi connectivity index (χ0) is 13.0. The number of pyridine rings is 1. The first kappa shape index (κ1) is 12.3. The van der Waals surface area contributed by atoms with Gasteiger partial charge in [0.1, 0.15) is 5.69 Å². The van der Waals surface area contributed by atoms with Gasteiger partial charge in [-0.3, -0.25) is 0 Å². The van der Waals surface area contributed by atoms with E-state index in [9.17, 15) is 4.79 Å². The summed E-state index contributed by atoms with van der Waals surface area (Å²) in [6.07, 6.45) is 1.46. The van der Waals surface area contributed by atoms with Gasteiger partial charge in [-0.1, -0.05) is 24.0 Å². The van der Waals surface area contributed by atoms with E-state index in [4.69, 9.17) is 5.11 Å². The Morgan fingerprint density at radius 1 is 1.17 bits per heavy atom. The monoisotopic (exact) mass is 255 g/mol. The molecule has 0 amide bonds. The number of carboxylic acids is 1. The lowest BCUT2D eigenvalue weighted by atomic mass is 10.2. The molecule has 0 spiro atoms. The number of aromatic nitrogens is 1. The first-order valence-corrected chi connectivity index (χ1v) is 5.80. The van der Waals surface area contributed by atoms with E-state index < -0.39 is 5.97 Å². The van der Waals surface area contributed by atoms with Crippen LogP contribution in [0.5, 0.6) is 0 Å². The highest BCUT2D eigenvalue weighted by Crippen LogP contribution is 2.01. The number of aromatic carboxylic acids is 1. The van der Waals surface area contributed by atoms with E-state index in [-0.39, 0.29) is 5.69 Å². The zero-order valence-electron chi connectivity index (χ0n) is 9.42. The van der Waals surface area contributed by atoms with Crippen molar-refractivity contribution < 1.29 is 9.90 Å². The van der Waals surface area contributed by atoms with Gasteiger partial charge in [-0.05, 0) is 29.6 Å². The van der Waals surface area contributed by atoms with Gasteiger partial charge in [0.05, 0.1) is 0 Å². The van der Waals surface area contributed by atoms with Crippen molar-refractivity contribution in [3.05, 3.63) is 59.4 Å². The largest absolute Gasteiger partial charge is 0.477 e. The molecule has 0 fully saturated rings. The van der Waals surface area contributed by atoms with E-state index in [1.54, 1.807) is 6.07 Å². The lowest BCUT2D eigenvalue weighted by molar-refractivity contribution is 0.0690. The van der Waals surface area contributed by atoms with E-state index in [1.807, 2.05) is 24.3 Å². The van der Waals surface area contributed by atoms with Crippen LogP contribution in [-0.4, -0.2) is 16.1 Å². The van der Waals surface area contributed by atoms with Gasteiger partial charge in [0.2, 0.25) is 0 Å². The molecule has 0 aliphatic rings. The van der Waals surface area contributed by atoms with Crippen molar-refractivity contribution in [1.29, 1.82) is 0 Å². The van der Waals surface area contributed by atoms with Crippen LogP contribution in [-0.2, 0) is 0 Å². The third-order valence-corrected chi connectivity index (χ3v) is 2.58. The highest BCUT2D eigenvalue weighted by atomic mass is 31.0. The number of benzene rings is 1. The summed E-state index contributed by atoms with van der Waals surface area (Å²) in [4.78, 5) is 14.4. The van der Waals surface area contributed by atoms with Crippen molar-refractivity contribution >= 4 is 20.5 Å². The van der Waals surface area contributed by atoms with Gasteiger partial charge in [0.25, 0.3) is 0 Å². The van der Waals surface area contributed by atoms with Crippen molar-refractivity contribution in [2.75, 3.05) is 0 Å². The Balaban J connectivity index is 2.22. The summed E-state index contributed by atoms with van der Waals surface area (Å²) in [5.41, 5.74) is 1.62. The molecule has 1 aromatic carbocycles. The lowest BCUT2D eigenvalue weighted by Gasteiger charge is -1.94. The predicted octanol–water partition coefficient (Wildman–Crippen LogP) is 1.68. The molecular weight excluding hydrogens is 245 g/mol. The molecular formula is C14H10NO2P. The van der Waals surface area contributed by atoms with E-state index in [0.717, 1.165) is 10.9 Å². The number of carbonyl (C=O) groups is 1. The van der Waals surface area contributed by atoms with Crippen molar-refractivity contribution in [3.8, 4) is 11.8 Å². The molecule has 0 saturated heterocycles. The Hall–Kier alpha value is -2.17. The highest BCUT2D eigenvalue weighted by molar-refractivity contribution is 7.27. The fourth-order valence-electron chi connectivity index (χ4n) is 1.36. The van der Waals surface area contributed by atoms with Crippen LogP contribution in [0.1, 0.15) is 21.6 Å². The lowest BCUT2D eigenvalue weighted by Crippen LogP contribution is -1.99. The molecule has 1 unspecified atom stereocenters. The van der Waals surface area contributed by atoms with Crippen LogP contribution >= 0.6 is 9.24 Å². The molecule has 0 aliphatic carbocycles. The van der Waals surface area contributed by atoms with Gasteiger partial charge in [-0.15, -0.1) is 9.24 Å². The van der Waals surface area contributed by atoms with Gasteiger partial charge in [0, 0.05) is 17.3 Å². The van der Waals surface area contributed by atoms with Gasteiger partial charge < -0.3 is 5.11 Å². The summed E-state index contributed by atoms with van der Waals surface area (Å²) in [6, 6.07) is 10.9. The molecule has 4 heteroatoms. The number of hydrogen-bond donors (Lipinski definition) is 1. The summed E-state index contributed by atoms with van der Waals surface area (Å²) in [7, 11) is 2.61. The molecule has 0 bridgehead atoms. The quantitative estimate of drug-likeness (QED) is 0.623. The van der Waals surface area contributed by atoms with Gasteiger partial charge in [-0.2, -0.15) is 0 Å². The number of nitrogens with zero attached hydrogens (tertiary/aromatic N) is 1. The molecule has 1 N–H and O–H groups in total. The van der Waals surface area contributed by atoms with E-state index in [1.165, 1.54) is 12.3 Å². The standard InChI is InChI=1S/C14H10NO2P/c16-14(17)13-7-6-11(9-15-13)5-4-10-2-1-3-12(18)8-10/h1-3,6-9H,18H2,(H,16,17). The van der Waals surface area contributed by atoms with Crippen LogP contribution in [0.2, 0.25) is 0 Å². The molecule has 1 heterocycles. The predicted molar refractivity (Wildman–Crippen MR) is 73.0 cm³/mol. The van der Waals surface area contributed by atoms with Crippen molar-refractivity contribution in [2.45, 2.75) is 0 Å². The average Bonchev–Trinajstić information content (AvgIpc) is 2.37. The van der Waals surface area contributed by atoms with Crippen LogP contribution < -0.4 is 5.30 Å². The number of hydrogen-bond acceptors (Lipinski definition) is 2. The van der Waals surface area contributed by atoms with Crippen molar-refractivity contribution in [2.24, 2.45) is 0 Å². The second-order valence-electron chi connectivity index (χ2n) is 3.61. The summed E-state index contributed by atoms with van der Waals surface area (Å²) < 4.78 is 0. The maximum atomic E-state index is 10.6. The van der Waals surface area contributed by atoms with Gasteiger partial charge in [-0.25, -0.2) is 9.78 Å². The zero-order valence-corrected chi connectivity index (χ0v) is 10.6. The van der Waals surface area contributed by atoms with Crippen molar-refractivity contribution in [1.82, 2.24) is 4.98 Å². The molecule has 2 rings (SSSR count). The van der Waals surface area contributed by atoms with Crippen LogP contribution in [0, 0.1) is 11.8 Å². The van der Waals surface area contributed by atoms with E-state index >= 15 is 0 Å². The molecule has 1 atom stereocenters. The summed E-state index contributed by atoms with van der Waals surface area (Å²) >= 11 is 0. The normalized spacial score (nSPS) is 9.39. The third kappa shape index (κ3) is 3.16. The van der Waals surface area contributed by atoms with Gasteiger partial charge in [0.15, 0.2) is 0 Å². The van der Waals surface area contributed by atoms with E-state index in [2.05, 4.69) is 26.1 Å². The molecule has 88 valence electrons. The molecule has 18 heavy (non-hydrogen) atoms. The van der Waals surface area contributed by atoms with Crippen LogP contribution in [0.4, 0.5) is 0 Å². The summed E-state index contributed by atoms with van der Waals surface area (Å²) in [5, 5.41) is 9.78. The molecule has 0 radical (unpaired) electrons. The Labute approximate surface area is 107 Å². The second kappa shape index (κ2) is 5.44. The van der Waals surface area contributed by atoms with Crippen LogP contribution in [0.15, 0.2) is 42.6 Å². The summed E-state index contributed by atoms with van der Waals surface area (Å²) in [5.74, 6) is 4.90. The Kier molecular flexibility index (Phi) is 3.72. The molecule has 1 aromatic heterocycles. The Morgan fingerprint density at radius 3 is 2.56 bits per heavy atom. The SMILES string of the molecule is O=C(O)c1ccc(C#Cc2cccc(P)c2)cn1. The molecule has 2 aromatic rings. The Bertz CT molecular complexity index is 639. The maximum Gasteiger partial charge on any atom is 0.354 e. The average molecular weight is 255 g/mol. The highest BCUT2D eigenvalue weighted by Gasteiger charge is 2.01. The first-order chi connectivity index (χ1) is 8.65. The molecule has 0 saturated carbocycles. The molecule has 0 aliphatic heterocycles. The minimum Gasteiger partial charge on any atom is -0.477 e. The molecule has 3 nitrogen and oxygen atoms in total. The Morgan fingerprint density at radius 2 is 1.94 bits per heavy atom.